The molecule has 1 heterocycles. The molecule has 2 aromatic rings. The van der Waals surface area contributed by atoms with Crippen molar-refractivity contribution in [2.45, 2.75) is 6.10 Å². The maximum atomic E-state index is 13.5. The van der Waals surface area contributed by atoms with Crippen molar-refractivity contribution in [3.05, 3.63) is 51.5 Å². The summed E-state index contributed by atoms with van der Waals surface area (Å²) in [5.74, 6) is -2.97. The van der Waals surface area contributed by atoms with Crippen LogP contribution in [0.15, 0.2) is 23.6 Å². The van der Waals surface area contributed by atoms with Crippen LogP contribution in [0.4, 0.5) is 13.2 Å². The quantitative estimate of drug-likeness (QED) is 0.871. The van der Waals surface area contributed by atoms with E-state index in [-0.39, 0.29) is 5.56 Å². The number of aliphatic hydroxyl groups excluding tert-OH is 1. The SMILES string of the molecule is COc1csc(C(O)c2cc(F)c(F)cc2F)c1. The van der Waals surface area contributed by atoms with Crippen molar-refractivity contribution in [3.8, 4) is 5.75 Å². The number of ether oxygens (including phenoxy) is 1. The summed E-state index contributed by atoms with van der Waals surface area (Å²) in [4.78, 5) is 0.386. The third-order valence-electron chi connectivity index (χ3n) is 2.44. The molecule has 0 aliphatic carbocycles. The van der Waals surface area contributed by atoms with Gasteiger partial charge in [-0.2, -0.15) is 0 Å². The number of rotatable bonds is 3. The molecule has 0 aliphatic heterocycles. The van der Waals surface area contributed by atoms with Crippen LogP contribution in [0.1, 0.15) is 16.5 Å². The van der Waals surface area contributed by atoms with Gasteiger partial charge in [0.15, 0.2) is 11.6 Å². The molecule has 0 fully saturated rings. The van der Waals surface area contributed by atoms with Crippen molar-refractivity contribution in [1.82, 2.24) is 0 Å². The van der Waals surface area contributed by atoms with Crippen molar-refractivity contribution in [3.63, 3.8) is 0 Å². The van der Waals surface area contributed by atoms with Gasteiger partial charge in [0.2, 0.25) is 0 Å². The minimum absolute atomic E-state index is 0.307. The van der Waals surface area contributed by atoms with E-state index in [1.54, 1.807) is 5.38 Å². The predicted octanol–water partition coefficient (Wildman–Crippen LogP) is 3.26. The number of methoxy groups -OCH3 is 1. The number of thiophene rings is 1. The molecule has 0 saturated carbocycles. The summed E-state index contributed by atoms with van der Waals surface area (Å²) in [7, 11) is 1.45. The molecule has 0 radical (unpaired) electrons. The van der Waals surface area contributed by atoms with Gasteiger partial charge in [-0.3, -0.25) is 0 Å². The zero-order chi connectivity index (χ0) is 13.3. The van der Waals surface area contributed by atoms with Gasteiger partial charge in [0.25, 0.3) is 0 Å². The molecular formula is C12H9F3O2S. The second-order valence-electron chi connectivity index (χ2n) is 3.58. The zero-order valence-electron chi connectivity index (χ0n) is 9.28. The highest BCUT2D eigenvalue weighted by molar-refractivity contribution is 7.10. The fourth-order valence-corrected chi connectivity index (χ4v) is 2.34. The summed E-state index contributed by atoms with van der Waals surface area (Å²) >= 11 is 1.14. The maximum absolute atomic E-state index is 13.5. The normalized spacial score (nSPS) is 12.5. The first-order chi connectivity index (χ1) is 8.52. The Kier molecular flexibility index (Phi) is 3.58. The first-order valence-electron chi connectivity index (χ1n) is 4.98. The van der Waals surface area contributed by atoms with Crippen LogP contribution in [0.5, 0.6) is 5.75 Å². The minimum Gasteiger partial charge on any atom is -0.496 e. The lowest BCUT2D eigenvalue weighted by atomic mass is 10.1. The predicted molar refractivity (Wildman–Crippen MR) is 61.2 cm³/mol. The van der Waals surface area contributed by atoms with Crippen molar-refractivity contribution >= 4 is 11.3 Å². The van der Waals surface area contributed by atoms with Crippen LogP contribution in [-0.2, 0) is 0 Å². The lowest BCUT2D eigenvalue weighted by Crippen LogP contribution is -2.03. The van der Waals surface area contributed by atoms with E-state index in [4.69, 9.17) is 4.74 Å². The number of hydrogen-bond acceptors (Lipinski definition) is 3. The third kappa shape index (κ3) is 2.34. The molecule has 0 aliphatic rings. The summed E-state index contributed by atoms with van der Waals surface area (Å²) in [6.45, 7) is 0. The Morgan fingerprint density at radius 1 is 1.11 bits per heavy atom. The second-order valence-corrected chi connectivity index (χ2v) is 4.52. The fourth-order valence-electron chi connectivity index (χ4n) is 1.49. The van der Waals surface area contributed by atoms with E-state index in [2.05, 4.69) is 0 Å². The van der Waals surface area contributed by atoms with Crippen LogP contribution in [0.25, 0.3) is 0 Å². The maximum Gasteiger partial charge on any atom is 0.161 e. The molecule has 0 amide bonds. The van der Waals surface area contributed by atoms with Crippen LogP contribution in [0.2, 0.25) is 0 Å². The van der Waals surface area contributed by atoms with E-state index in [9.17, 15) is 18.3 Å². The van der Waals surface area contributed by atoms with Crippen molar-refractivity contribution in [2.24, 2.45) is 0 Å². The van der Waals surface area contributed by atoms with Gasteiger partial charge in [-0.05, 0) is 12.1 Å². The van der Waals surface area contributed by atoms with Crippen molar-refractivity contribution in [1.29, 1.82) is 0 Å². The lowest BCUT2D eigenvalue weighted by molar-refractivity contribution is 0.217. The number of aliphatic hydroxyl groups is 1. The highest BCUT2D eigenvalue weighted by atomic mass is 32.1. The van der Waals surface area contributed by atoms with Crippen LogP contribution in [0, 0.1) is 17.5 Å². The molecule has 0 bridgehead atoms. The average molecular weight is 274 g/mol. The molecule has 2 rings (SSSR count). The third-order valence-corrected chi connectivity index (χ3v) is 3.40. The molecule has 2 nitrogen and oxygen atoms in total. The van der Waals surface area contributed by atoms with E-state index in [0.29, 0.717) is 22.8 Å². The molecule has 96 valence electrons. The highest BCUT2D eigenvalue weighted by Gasteiger charge is 2.20. The van der Waals surface area contributed by atoms with Crippen LogP contribution < -0.4 is 4.74 Å². The van der Waals surface area contributed by atoms with Crippen molar-refractivity contribution in [2.75, 3.05) is 7.11 Å². The van der Waals surface area contributed by atoms with Gasteiger partial charge >= 0.3 is 0 Å². The Bertz CT molecular complexity index is 568. The number of hydrogen-bond donors (Lipinski definition) is 1. The smallest absolute Gasteiger partial charge is 0.161 e. The standard InChI is InChI=1S/C12H9F3O2S/c1-17-6-2-11(18-5-6)12(16)7-3-9(14)10(15)4-8(7)13/h2-5,12,16H,1H3. The molecular weight excluding hydrogens is 265 g/mol. The number of benzene rings is 1. The highest BCUT2D eigenvalue weighted by Crippen LogP contribution is 2.32. The monoisotopic (exact) mass is 274 g/mol. The van der Waals surface area contributed by atoms with Gasteiger partial charge in [0, 0.05) is 21.9 Å². The van der Waals surface area contributed by atoms with E-state index in [1.807, 2.05) is 0 Å². The Hall–Kier alpha value is -1.53. The Morgan fingerprint density at radius 3 is 2.39 bits per heavy atom. The summed E-state index contributed by atoms with van der Waals surface area (Å²) in [6, 6.07) is 2.58. The number of halogens is 3. The molecule has 1 atom stereocenters. The van der Waals surface area contributed by atoms with Gasteiger partial charge in [-0.15, -0.1) is 11.3 Å². The molecule has 1 aromatic heterocycles. The second kappa shape index (κ2) is 4.99. The van der Waals surface area contributed by atoms with Gasteiger partial charge in [-0.1, -0.05) is 0 Å². The Morgan fingerprint density at radius 2 is 1.78 bits per heavy atom. The zero-order valence-corrected chi connectivity index (χ0v) is 10.1. The topological polar surface area (TPSA) is 29.5 Å². The molecule has 18 heavy (non-hydrogen) atoms. The lowest BCUT2D eigenvalue weighted by Gasteiger charge is -2.10. The molecule has 1 unspecified atom stereocenters. The van der Waals surface area contributed by atoms with E-state index < -0.39 is 23.6 Å². The average Bonchev–Trinajstić information content (AvgIpc) is 2.81. The Labute approximate surface area is 105 Å². The first-order valence-corrected chi connectivity index (χ1v) is 5.86. The molecule has 0 saturated heterocycles. The fraction of sp³-hybridized carbons (Fsp3) is 0.167. The minimum atomic E-state index is -1.35. The summed E-state index contributed by atoms with van der Waals surface area (Å²) < 4.78 is 44.2. The first kappa shape index (κ1) is 12.9. The van der Waals surface area contributed by atoms with Crippen LogP contribution in [-0.4, -0.2) is 12.2 Å². The van der Waals surface area contributed by atoms with Gasteiger partial charge in [0.05, 0.1) is 7.11 Å². The Balaban J connectivity index is 2.39. The largest absolute Gasteiger partial charge is 0.496 e. The molecule has 6 heteroatoms. The van der Waals surface area contributed by atoms with E-state index in [1.165, 1.54) is 13.2 Å². The molecule has 1 aromatic carbocycles. The summed E-state index contributed by atoms with van der Waals surface area (Å²) in [6.07, 6.45) is -1.35. The van der Waals surface area contributed by atoms with Gasteiger partial charge in [-0.25, -0.2) is 13.2 Å². The van der Waals surface area contributed by atoms with Crippen molar-refractivity contribution < 1.29 is 23.0 Å². The van der Waals surface area contributed by atoms with E-state index >= 15 is 0 Å². The summed E-state index contributed by atoms with van der Waals surface area (Å²) in [5.41, 5.74) is -0.307. The molecule has 1 N–H and O–H groups in total. The van der Waals surface area contributed by atoms with Gasteiger partial charge < -0.3 is 9.84 Å². The molecule has 0 spiro atoms. The summed E-state index contributed by atoms with van der Waals surface area (Å²) in [5, 5.41) is 11.5. The van der Waals surface area contributed by atoms with Crippen LogP contribution >= 0.6 is 11.3 Å². The van der Waals surface area contributed by atoms with Crippen LogP contribution in [0.3, 0.4) is 0 Å². The van der Waals surface area contributed by atoms with Gasteiger partial charge in [0.1, 0.15) is 17.7 Å². The van der Waals surface area contributed by atoms with E-state index in [0.717, 1.165) is 11.3 Å².